The molecule has 23 heavy (non-hydrogen) atoms. The van der Waals surface area contributed by atoms with Crippen LogP contribution < -0.4 is 5.32 Å². The lowest BCUT2D eigenvalue weighted by Crippen LogP contribution is -2.47. The minimum absolute atomic E-state index is 0.0263. The highest BCUT2D eigenvalue weighted by molar-refractivity contribution is 5.92. The lowest BCUT2D eigenvalue weighted by atomic mass is 9.99. The molecule has 4 nitrogen and oxygen atoms in total. The fourth-order valence-corrected chi connectivity index (χ4v) is 3.15. The molecule has 0 radical (unpaired) electrons. The summed E-state index contributed by atoms with van der Waals surface area (Å²) in [5.74, 6) is -2.27. The molecule has 126 valence electrons. The van der Waals surface area contributed by atoms with Gasteiger partial charge < -0.3 is 15.5 Å². The molecule has 1 fully saturated rings. The highest BCUT2D eigenvalue weighted by Gasteiger charge is 2.44. The predicted molar refractivity (Wildman–Crippen MR) is 85.9 cm³/mol. The van der Waals surface area contributed by atoms with Gasteiger partial charge in [-0.05, 0) is 36.8 Å². The van der Waals surface area contributed by atoms with E-state index in [-0.39, 0.29) is 17.9 Å². The van der Waals surface area contributed by atoms with Crippen LogP contribution in [-0.4, -0.2) is 28.1 Å². The average molecular weight is 324 g/mol. The van der Waals surface area contributed by atoms with Crippen LogP contribution in [0.15, 0.2) is 23.2 Å². The summed E-state index contributed by atoms with van der Waals surface area (Å²) in [4.78, 5) is 3.80. The van der Waals surface area contributed by atoms with E-state index in [4.69, 9.17) is 0 Å². The number of aliphatic imine (C=N–C) groups is 1. The van der Waals surface area contributed by atoms with Crippen LogP contribution in [0.25, 0.3) is 0 Å². The smallest absolute Gasteiger partial charge is 0.276 e. The Labute approximate surface area is 134 Å². The van der Waals surface area contributed by atoms with Crippen LogP contribution in [0.4, 0.5) is 20.2 Å². The summed E-state index contributed by atoms with van der Waals surface area (Å²) < 4.78 is 28.8. The number of aliphatic hydroxyl groups is 1. The minimum Gasteiger partial charge on any atom is -0.508 e. The van der Waals surface area contributed by atoms with Crippen LogP contribution in [-0.2, 0) is 0 Å². The SMILES string of the molecule is CC1C[C@H]1CCCCC(F)(F)C1Nc2ccc(O)cc2N=C1O. The van der Waals surface area contributed by atoms with Gasteiger partial charge in [0.1, 0.15) is 5.75 Å². The number of hydrogen-bond donors (Lipinski definition) is 3. The van der Waals surface area contributed by atoms with E-state index in [1.54, 1.807) is 0 Å². The van der Waals surface area contributed by atoms with Gasteiger partial charge in [0.25, 0.3) is 5.92 Å². The molecule has 2 unspecified atom stereocenters. The first kappa shape index (κ1) is 16.0. The van der Waals surface area contributed by atoms with Gasteiger partial charge in [-0.1, -0.05) is 19.8 Å². The summed E-state index contributed by atoms with van der Waals surface area (Å²) in [5, 5.41) is 21.9. The Balaban J connectivity index is 1.60. The molecule has 1 aromatic carbocycles. The van der Waals surface area contributed by atoms with Crippen LogP contribution in [0.5, 0.6) is 5.75 Å². The molecule has 3 rings (SSSR count). The maximum atomic E-state index is 14.4. The van der Waals surface area contributed by atoms with Gasteiger partial charge in [0.05, 0.1) is 11.4 Å². The largest absolute Gasteiger partial charge is 0.508 e. The summed E-state index contributed by atoms with van der Waals surface area (Å²) in [5.41, 5.74) is 0.648. The average Bonchev–Trinajstić information content (AvgIpc) is 3.18. The number of unbranched alkanes of at least 4 members (excludes halogenated alkanes) is 1. The monoisotopic (exact) mass is 324 g/mol. The van der Waals surface area contributed by atoms with E-state index >= 15 is 0 Å². The number of anilines is 1. The number of fused-ring (bicyclic) bond motifs is 1. The molecule has 1 aliphatic carbocycles. The number of hydrogen-bond acceptors (Lipinski definition) is 3. The Morgan fingerprint density at radius 1 is 1.30 bits per heavy atom. The number of aromatic hydroxyl groups is 1. The van der Waals surface area contributed by atoms with Gasteiger partial charge in [-0.25, -0.2) is 13.8 Å². The zero-order valence-corrected chi connectivity index (χ0v) is 13.1. The molecule has 0 amide bonds. The van der Waals surface area contributed by atoms with Crippen molar-refractivity contribution in [3.8, 4) is 5.75 Å². The van der Waals surface area contributed by atoms with Crippen molar-refractivity contribution in [1.82, 2.24) is 0 Å². The first-order valence-corrected chi connectivity index (χ1v) is 8.12. The summed E-state index contributed by atoms with van der Waals surface area (Å²) in [6, 6.07) is 2.69. The highest BCUT2D eigenvalue weighted by atomic mass is 19.3. The lowest BCUT2D eigenvalue weighted by Gasteiger charge is -2.30. The van der Waals surface area contributed by atoms with E-state index in [0.717, 1.165) is 18.8 Å². The summed E-state index contributed by atoms with van der Waals surface area (Å²) in [6.45, 7) is 2.19. The van der Waals surface area contributed by atoms with E-state index in [2.05, 4.69) is 17.2 Å². The second kappa shape index (κ2) is 5.98. The normalized spacial score (nSPS) is 26.2. The Hall–Kier alpha value is -1.85. The molecule has 0 bridgehead atoms. The van der Waals surface area contributed by atoms with Crippen molar-refractivity contribution in [3.63, 3.8) is 0 Å². The van der Waals surface area contributed by atoms with Crippen molar-refractivity contribution in [2.45, 2.75) is 51.0 Å². The van der Waals surface area contributed by atoms with Crippen molar-refractivity contribution >= 4 is 17.3 Å². The Morgan fingerprint density at radius 3 is 2.74 bits per heavy atom. The van der Waals surface area contributed by atoms with Crippen molar-refractivity contribution in [3.05, 3.63) is 18.2 Å². The number of nitrogens with zero attached hydrogens (tertiary/aromatic N) is 1. The first-order chi connectivity index (χ1) is 10.9. The van der Waals surface area contributed by atoms with Crippen LogP contribution in [0.2, 0.25) is 0 Å². The topological polar surface area (TPSA) is 64.8 Å². The minimum atomic E-state index is -3.07. The number of alkyl halides is 2. The van der Waals surface area contributed by atoms with Gasteiger partial charge in [0, 0.05) is 12.5 Å². The zero-order chi connectivity index (χ0) is 16.6. The highest BCUT2D eigenvalue weighted by Crippen LogP contribution is 2.42. The molecule has 0 aromatic heterocycles. The zero-order valence-electron chi connectivity index (χ0n) is 13.1. The van der Waals surface area contributed by atoms with Crippen molar-refractivity contribution in [2.75, 3.05) is 5.32 Å². The summed E-state index contributed by atoms with van der Waals surface area (Å²) in [7, 11) is 0. The van der Waals surface area contributed by atoms with Crippen LogP contribution >= 0.6 is 0 Å². The summed E-state index contributed by atoms with van der Waals surface area (Å²) >= 11 is 0. The van der Waals surface area contributed by atoms with Crippen LogP contribution in [0.3, 0.4) is 0 Å². The molecule has 2 aliphatic rings. The van der Waals surface area contributed by atoms with E-state index < -0.39 is 17.9 Å². The molecule has 0 saturated heterocycles. The van der Waals surface area contributed by atoms with Gasteiger partial charge in [-0.3, -0.25) is 0 Å². The van der Waals surface area contributed by atoms with Gasteiger partial charge >= 0.3 is 0 Å². The molecular formula is C17H22F2N2O2. The number of phenolic OH excluding ortho intramolecular Hbond substituents is 1. The van der Waals surface area contributed by atoms with Gasteiger partial charge in [0.2, 0.25) is 5.90 Å². The van der Waals surface area contributed by atoms with Crippen LogP contribution in [0.1, 0.15) is 39.0 Å². The third kappa shape index (κ3) is 3.57. The first-order valence-electron chi connectivity index (χ1n) is 8.12. The maximum absolute atomic E-state index is 14.4. The lowest BCUT2D eigenvalue weighted by molar-refractivity contribution is -0.0151. The van der Waals surface area contributed by atoms with Gasteiger partial charge in [-0.15, -0.1) is 0 Å². The quantitative estimate of drug-likeness (QED) is 0.528. The second-order valence-electron chi connectivity index (χ2n) is 6.73. The number of nitrogens with one attached hydrogen (secondary N) is 1. The molecule has 3 N–H and O–H groups in total. The number of benzene rings is 1. The molecule has 0 spiro atoms. The van der Waals surface area contributed by atoms with Crippen molar-refractivity contribution < 1.29 is 19.0 Å². The van der Waals surface area contributed by atoms with E-state index in [0.29, 0.717) is 18.0 Å². The molecule has 1 heterocycles. The number of rotatable bonds is 6. The maximum Gasteiger partial charge on any atom is 0.276 e. The molecule has 1 saturated carbocycles. The van der Waals surface area contributed by atoms with E-state index in [1.165, 1.54) is 24.6 Å². The Bertz CT molecular complexity index is 619. The Morgan fingerprint density at radius 2 is 2.04 bits per heavy atom. The third-order valence-corrected chi connectivity index (χ3v) is 4.81. The van der Waals surface area contributed by atoms with E-state index in [1.807, 2.05) is 0 Å². The molecule has 1 aliphatic heterocycles. The molecular weight excluding hydrogens is 302 g/mol. The molecule has 6 heteroatoms. The predicted octanol–water partition coefficient (Wildman–Crippen LogP) is 4.63. The van der Waals surface area contributed by atoms with Crippen molar-refractivity contribution in [2.24, 2.45) is 16.8 Å². The third-order valence-electron chi connectivity index (χ3n) is 4.81. The number of phenols is 1. The van der Waals surface area contributed by atoms with Crippen molar-refractivity contribution in [1.29, 1.82) is 0 Å². The molecule has 3 atom stereocenters. The summed E-state index contributed by atoms with van der Waals surface area (Å²) in [6.07, 6.45) is 3.18. The fraction of sp³-hybridized carbons (Fsp3) is 0.588. The van der Waals surface area contributed by atoms with E-state index in [9.17, 15) is 19.0 Å². The van der Waals surface area contributed by atoms with Gasteiger partial charge in [-0.2, -0.15) is 0 Å². The fourth-order valence-electron chi connectivity index (χ4n) is 3.15. The number of aliphatic hydroxyl groups excluding tert-OH is 1. The number of halogens is 2. The van der Waals surface area contributed by atoms with Crippen LogP contribution in [0, 0.1) is 11.8 Å². The standard InChI is InChI=1S/C17H22F2N2O2/c1-10-8-11(10)4-2-3-7-17(18,19)15-16(23)21-14-9-12(22)5-6-13(14)20-15/h5-6,9-11,15,20,22H,2-4,7-8H2,1H3,(H,21,23)/t10?,11-,15?/m1/s1. The molecule has 1 aromatic rings. The second-order valence-corrected chi connectivity index (χ2v) is 6.73. The Kier molecular flexibility index (Phi) is 4.17. The van der Waals surface area contributed by atoms with Gasteiger partial charge in [0.15, 0.2) is 6.04 Å².